The van der Waals surface area contributed by atoms with E-state index in [1.807, 2.05) is 35.0 Å². The molecule has 0 bridgehead atoms. The first-order chi connectivity index (χ1) is 15.1. The van der Waals surface area contributed by atoms with Crippen molar-refractivity contribution in [2.24, 2.45) is 0 Å². The first kappa shape index (κ1) is 23.0. The molecule has 3 rings (SSSR count). The Hall–Kier alpha value is -2.65. The Bertz CT molecular complexity index is 977. The van der Waals surface area contributed by atoms with Crippen molar-refractivity contribution in [1.82, 2.24) is 25.1 Å². The Balaban J connectivity index is 1.63. The zero-order valence-corrected chi connectivity index (χ0v) is 19.1. The summed E-state index contributed by atoms with van der Waals surface area (Å²) in [6.07, 6.45) is 2.97. The molecular weight excluding hydrogens is 412 g/mol. The van der Waals surface area contributed by atoms with Gasteiger partial charge in [-0.2, -0.15) is 5.10 Å². The van der Waals surface area contributed by atoms with Gasteiger partial charge in [-0.15, -0.1) is 0 Å². The number of hydrogen-bond acceptors (Lipinski definition) is 7. The largest absolute Gasteiger partial charge is 0.383 e. The molecule has 31 heavy (non-hydrogen) atoms. The van der Waals surface area contributed by atoms with Crippen molar-refractivity contribution in [3.05, 3.63) is 42.1 Å². The summed E-state index contributed by atoms with van der Waals surface area (Å²) in [4.78, 5) is 21.5. The fourth-order valence-corrected chi connectivity index (χ4v) is 3.77. The number of fused-ring (bicyclic) bond motifs is 1. The molecule has 0 fully saturated rings. The third-order valence-corrected chi connectivity index (χ3v) is 5.41. The first-order valence-corrected chi connectivity index (χ1v) is 11.4. The van der Waals surface area contributed by atoms with Crippen molar-refractivity contribution in [3.63, 3.8) is 0 Å². The van der Waals surface area contributed by atoms with Gasteiger partial charge >= 0.3 is 0 Å². The maximum atomic E-state index is 12.2. The lowest BCUT2D eigenvalue weighted by Crippen LogP contribution is -2.27. The van der Waals surface area contributed by atoms with Gasteiger partial charge in [-0.05, 0) is 12.0 Å². The van der Waals surface area contributed by atoms with Crippen molar-refractivity contribution in [2.45, 2.75) is 43.6 Å². The molecule has 9 heteroatoms. The summed E-state index contributed by atoms with van der Waals surface area (Å²) in [5.74, 6) is 0.788. The zero-order valence-electron chi connectivity index (χ0n) is 18.3. The number of anilines is 1. The van der Waals surface area contributed by atoms with Crippen LogP contribution in [-0.4, -0.2) is 57.7 Å². The van der Waals surface area contributed by atoms with E-state index in [-0.39, 0.29) is 5.91 Å². The third-order valence-electron chi connectivity index (χ3n) is 4.54. The topological polar surface area (TPSA) is 94.0 Å². The first-order valence-electron chi connectivity index (χ1n) is 10.5. The van der Waals surface area contributed by atoms with Crippen LogP contribution < -0.4 is 10.6 Å². The molecule has 2 heterocycles. The smallest absolute Gasteiger partial charge is 0.220 e. The normalized spacial score (nSPS) is 11.2. The second-order valence-electron chi connectivity index (χ2n) is 7.38. The van der Waals surface area contributed by atoms with Crippen LogP contribution in [0.2, 0.25) is 0 Å². The van der Waals surface area contributed by atoms with Crippen LogP contribution in [0.5, 0.6) is 0 Å². The van der Waals surface area contributed by atoms with E-state index in [9.17, 15) is 4.79 Å². The molecule has 1 amide bonds. The molecule has 0 aliphatic heterocycles. The fourth-order valence-electron chi connectivity index (χ4n) is 3.06. The number of benzene rings is 1. The van der Waals surface area contributed by atoms with E-state index < -0.39 is 0 Å². The summed E-state index contributed by atoms with van der Waals surface area (Å²) in [5, 5.41) is 12.7. The van der Waals surface area contributed by atoms with Crippen LogP contribution >= 0.6 is 11.8 Å². The second kappa shape index (κ2) is 11.7. The maximum absolute atomic E-state index is 12.2. The zero-order chi connectivity index (χ0) is 22.1. The predicted octanol–water partition coefficient (Wildman–Crippen LogP) is 3.13. The van der Waals surface area contributed by atoms with E-state index in [2.05, 4.69) is 34.6 Å². The van der Waals surface area contributed by atoms with E-state index in [0.717, 1.165) is 28.8 Å². The average molecular weight is 443 g/mol. The van der Waals surface area contributed by atoms with E-state index in [4.69, 9.17) is 9.72 Å². The molecule has 1 aromatic carbocycles. The Morgan fingerprint density at radius 1 is 1.19 bits per heavy atom. The summed E-state index contributed by atoms with van der Waals surface area (Å²) < 4.78 is 6.95. The summed E-state index contributed by atoms with van der Waals surface area (Å²) in [7, 11) is 1.67. The van der Waals surface area contributed by atoms with Crippen LogP contribution in [0.3, 0.4) is 0 Å². The SMILES string of the molecule is COCCNc1nc(SC(C)C)nc2c1cnn2CCNC(=O)CCc1ccccc1. The highest BCUT2D eigenvalue weighted by molar-refractivity contribution is 7.99. The van der Waals surface area contributed by atoms with Crippen molar-refractivity contribution in [2.75, 3.05) is 32.1 Å². The van der Waals surface area contributed by atoms with Crippen LogP contribution in [0.25, 0.3) is 11.0 Å². The minimum atomic E-state index is 0.0351. The summed E-state index contributed by atoms with van der Waals surface area (Å²) >= 11 is 1.61. The van der Waals surface area contributed by atoms with Gasteiger partial charge in [0, 0.05) is 31.9 Å². The minimum Gasteiger partial charge on any atom is -0.383 e. The number of nitrogens with one attached hydrogen (secondary N) is 2. The van der Waals surface area contributed by atoms with Crippen LogP contribution in [-0.2, 0) is 22.5 Å². The number of amides is 1. The molecule has 0 unspecified atom stereocenters. The van der Waals surface area contributed by atoms with Crippen LogP contribution in [0.4, 0.5) is 5.82 Å². The lowest BCUT2D eigenvalue weighted by Gasteiger charge is -2.11. The van der Waals surface area contributed by atoms with Crippen LogP contribution in [0.15, 0.2) is 41.7 Å². The predicted molar refractivity (Wildman–Crippen MR) is 124 cm³/mol. The number of nitrogens with zero attached hydrogens (tertiary/aromatic N) is 4. The molecule has 0 atom stereocenters. The van der Waals surface area contributed by atoms with Crippen LogP contribution in [0.1, 0.15) is 25.8 Å². The molecule has 2 N–H and O–H groups in total. The van der Waals surface area contributed by atoms with Crippen molar-refractivity contribution in [1.29, 1.82) is 0 Å². The molecule has 166 valence electrons. The van der Waals surface area contributed by atoms with E-state index >= 15 is 0 Å². The lowest BCUT2D eigenvalue weighted by molar-refractivity contribution is -0.121. The van der Waals surface area contributed by atoms with Crippen LogP contribution in [0, 0.1) is 0 Å². The number of methoxy groups -OCH3 is 1. The molecule has 0 saturated heterocycles. The second-order valence-corrected chi connectivity index (χ2v) is 8.93. The minimum absolute atomic E-state index is 0.0351. The Morgan fingerprint density at radius 2 is 2.00 bits per heavy atom. The van der Waals surface area contributed by atoms with Crippen molar-refractivity contribution >= 4 is 34.5 Å². The number of ether oxygens (including phenoxy) is 1. The molecule has 0 aliphatic rings. The molecule has 0 saturated carbocycles. The van der Waals surface area contributed by atoms with Gasteiger partial charge in [0.2, 0.25) is 5.91 Å². The molecular formula is C22H30N6O2S. The number of aromatic nitrogens is 4. The van der Waals surface area contributed by atoms with Crippen molar-refractivity contribution < 1.29 is 9.53 Å². The number of thioether (sulfide) groups is 1. The molecule has 0 aliphatic carbocycles. The molecule has 2 aromatic heterocycles. The number of hydrogen-bond donors (Lipinski definition) is 2. The number of aryl methyl sites for hydroxylation is 1. The van der Waals surface area contributed by atoms with Crippen molar-refractivity contribution in [3.8, 4) is 0 Å². The average Bonchev–Trinajstić information content (AvgIpc) is 3.16. The Morgan fingerprint density at radius 3 is 2.74 bits per heavy atom. The fraction of sp³-hybridized carbons (Fsp3) is 0.455. The maximum Gasteiger partial charge on any atom is 0.220 e. The van der Waals surface area contributed by atoms with Gasteiger partial charge in [0.1, 0.15) is 5.82 Å². The molecule has 3 aromatic rings. The monoisotopic (exact) mass is 442 g/mol. The summed E-state index contributed by atoms with van der Waals surface area (Å²) in [6.45, 7) is 6.49. The molecule has 0 spiro atoms. The van der Waals surface area contributed by atoms with E-state index in [0.29, 0.717) is 43.1 Å². The highest BCUT2D eigenvalue weighted by Crippen LogP contribution is 2.26. The summed E-state index contributed by atoms with van der Waals surface area (Å²) in [6, 6.07) is 10.0. The number of carbonyl (C=O) groups excluding carboxylic acids is 1. The number of carbonyl (C=O) groups is 1. The van der Waals surface area contributed by atoms with E-state index in [1.54, 1.807) is 25.1 Å². The standard InChI is InChI=1S/C22H30N6O2S/c1-16(2)31-22-26-20(24-12-14-30-3)18-15-25-28(21(18)27-22)13-11-23-19(29)10-9-17-7-5-4-6-8-17/h4-8,15-16H,9-14H2,1-3H3,(H,23,29)(H,24,26,27). The highest BCUT2D eigenvalue weighted by Gasteiger charge is 2.14. The van der Waals surface area contributed by atoms with Gasteiger partial charge in [-0.3, -0.25) is 4.79 Å². The Kier molecular flexibility index (Phi) is 8.66. The quantitative estimate of drug-likeness (QED) is 0.253. The van der Waals surface area contributed by atoms with Gasteiger partial charge in [0.25, 0.3) is 0 Å². The molecule has 0 radical (unpaired) electrons. The Labute approximate surface area is 187 Å². The molecule has 8 nitrogen and oxygen atoms in total. The highest BCUT2D eigenvalue weighted by atomic mass is 32.2. The van der Waals surface area contributed by atoms with E-state index in [1.165, 1.54) is 0 Å². The van der Waals surface area contributed by atoms with Gasteiger partial charge in [-0.1, -0.05) is 55.9 Å². The van der Waals surface area contributed by atoms with Gasteiger partial charge in [0.05, 0.1) is 24.7 Å². The summed E-state index contributed by atoms with van der Waals surface area (Å²) in [5.41, 5.74) is 1.92. The number of rotatable bonds is 12. The van der Waals surface area contributed by atoms with Gasteiger partial charge in [-0.25, -0.2) is 14.6 Å². The lowest BCUT2D eigenvalue weighted by atomic mass is 10.1. The van der Waals surface area contributed by atoms with Gasteiger partial charge in [0.15, 0.2) is 10.8 Å². The van der Waals surface area contributed by atoms with Gasteiger partial charge < -0.3 is 15.4 Å². The third kappa shape index (κ3) is 6.93.